The van der Waals surface area contributed by atoms with Gasteiger partial charge in [0.25, 0.3) is 0 Å². The third-order valence-corrected chi connectivity index (χ3v) is 3.35. The summed E-state index contributed by atoms with van der Waals surface area (Å²) in [5, 5.41) is 3.48. The molecule has 1 aliphatic rings. The fraction of sp³-hybridized carbons (Fsp3) is 0.571. The molecule has 1 aromatic rings. The Labute approximate surface area is 98.7 Å². The van der Waals surface area contributed by atoms with Crippen molar-refractivity contribution in [2.24, 2.45) is 5.92 Å². The summed E-state index contributed by atoms with van der Waals surface area (Å²) in [5.74, 6) is 0.825. The maximum absolute atomic E-state index is 3.48. The average molecular weight is 218 g/mol. The minimum absolute atomic E-state index is 0.825. The van der Waals surface area contributed by atoms with Crippen LogP contribution in [0.25, 0.3) is 0 Å². The Morgan fingerprint density at radius 2 is 2.25 bits per heavy atom. The molecule has 1 saturated heterocycles. The van der Waals surface area contributed by atoms with Crippen LogP contribution >= 0.6 is 0 Å². The highest BCUT2D eigenvalue weighted by Crippen LogP contribution is 2.19. The number of hydrogen-bond donors (Lipinski definition) is 1. The summed E-state index contributed by atoms with van der Waals surface area (Å²) in [6.45, 7) is 2.39. The van der Waals surface area contributed by atoms with E-state index in [2.05, 4.69) is 48.6 Å². The Morgan fingerprint density at radius 3 is 2.94 bits per heavy atom. The van der Waals surface area contributed by atoms with Crippen LogP contribution in [0, 0.1) is 5.92 Å². The van der Waals surface area contributed by atoms with Crippen molar-refractivity contribution in [2.75, 3.05) is 32.1 Å². The van der Waals surface area contributed by atoms with Crippen molar-refractivity contribution in [1.82, 2.24) is 5.32 Å². The predicted molar refractivity (Wildman–Crippen MR) is 70.1 cm³/mol. The standard InChI is InChI=1S/C14H22N2/c1-16(2)14-7-3-5-12(10-14)9-13-6-4-8-15-11-13/h3,5,7,10,13,15H,4,6,8-9,11H2,1-2H3. The summed E-state index contributed by atoms with van der Waals surface area (Å²) in [7, 11) is 4.20. The van der Waals surface area contributed by atoms with E-state index in [1.165, 1.54) is 43.6 Å². The highest BCUT2D eigenvalue weighted by Gasteiger charge is 2.13. The molecule has 1 atom stereocenters. The molecule has 0 spiro atoms. The first-order chi connectivity index (χ1) is 7.75. The molecule has 0 bridgehead atoms. The third kappa shape index (κ3) is 2.99. The largest absolute Gasteiger partial charge is 0.378 e. The average Bonchev–Trinajstić information content (AvgIpc) is 2.30. The van der Waals surface area contributed by atoms with Gasteiger partial charge in [0.1, 0.15) is 0 Å². The van der Waals surface area contributed by atoms with Crippen molar-refractivity contribution in [3.05, 3.63) is 29.8 Å². The van der Waals surface area contributed by atoms with Gasteiger partial charge in [-0.15, -0.1) is 0 Å². The number of hydrogen-bond acceptors (Lipinski definition) is 2. The number of nitrogens with zero attached hydrogens (tertiary/aromatic N) is 1. The number of rotatable bonds is 3. The highest BCUT2D eigenvalue weighted by molar-refractivity contribution is 5.47. The van der Waals surface area contributed by atoms with Gasteiger partial charge < -0.3 is 10.2 Å². The molecule has 1 fully saturated rings. The van der Waals surface area contributed by atoms with Gasteiger partial charge in [0, 0.05) is 19.8 Å². The van der Waals surface area contributed by atoms with Crippen LogP contribution in [0.5, 0.6) is 0 Å². The fourth-order valence-corrected chi connectivity index (χ4v) is 2.39. The molecule has 2 heteroatoms. The Morgan fingerprint density at radius 1 is 1.38 bits per heavy atom. The van der Waals surface area contributed by atoms with Crippen LogP contribution in [-0.4, -0.2) is 27.2 Å². The van der Waals surface area contributed by atoms with Gasteiger partial charge >= 0.3 is 0 Å². The first-order valence-corrected chi connectivity index (χ1v) is 6.22. The molecule has 1 heterocycles. The maximum atomic E-state index is 3.48. The molecule has 0 aromatic heterocycles. The zero-order chi connectivity index (χ0) is 11.4. The van der Waals surface area contributed by atoms with Crippen LogP contribution in [0.4, 0.5) is 5.69 Å². The molecule has 1 aliphatic heterocycles. The van der Waals surface area contributed by atoms with E-state index in [1.54, 1.807) is 0 Å². The van der Waals surface area contributed by atoms with Gasteiger partial charge in [0.15, 0.2) is 0 Å². The van der Waals surface area contributed by atoms with Gasteiger partial charge in [0.2, 0.25) is 0 Å². The van der Waals surface area contributed by atoms with Gasteiger partial charge in [-0.1, -0.05) is 12.1 Å². The second kappa shape index (κ2) is 5.35. The molecule has 1 unspecified atom stereocenters. The van der Waals surface area contributed by atoms with Crippen LogP contribution in [0.1, 0.15) is 18.4 Å². The van der Waals surface area contributed by atoms with Crippen LogP contribution in [0.15, 0.2) is 24.3 Å². The Balaban J connectivity index is 2.00. The Kier molecular flexibility index (Phi) is 3.83. The summed E-state index contributed by atoms with van der Waals surface area (Å²) in [6.07, 6.45) is 3.92. The van der Waals surface area contributed by atoms with Crippen molar-refractivity contribution in [2.45, 2.75) is 19.3 Å². The first-order valence-electron chi connectivity index (χ1n) is 6.22. The third-order valence-electron chi connectivity index (χ3n) is 3.35. The molecule has 16 heavy (non-hydrogen) atoms. The van der Waals surface area contributed by atoms with Gasteiger partial charge in [0.05, 0.1) is 0 Å². The van der Waals surface area contributed by atoms with Crippen molar-refractivity contribution in [3.8, 4) is 0 Å². The van der Waals surface area contributed by atoms with E-state index in [0.717, 1.165) is 5.92 Å². The molecule has 0 radical (unpaired) electrons. The fourth-order valence-electron chi connectivity index (χ4n) is 2.39. The van der Waals surface area contributed by atoms with E-state index in [9.17, 15) is 0 Å². The van der Waals surface area contributed by atoms with Gasteiger partial charge in [-0.2, -0.15) is 0 Å². The second-order valence-corrected chi connectivity index (χ2v) is 4.98. The molecular formula is C14H22N2. The zero-order valence-corrected chi connectivity index (χ0v) is 10.4. The van der Waals surface area contributed by atoms with Crippen molar-refractivity contribution < 1.29 is 0 Å². The molecule has 0 aliphatic carbocycles. The summed E-state index contributed by atoms with van der Waals surface area (Å²) in [4.78, 5) is 2.17. The highest BCUT2D eigenvalue weighted by atomic mass is 15.1. The normalized spacial score (nSPS) is 20.8. The monoisotopic (exact) mass is 218 g/mol. The van der Waals surface area contributed by atoms with Gasteiger partial charge in [-0.05, 0) is 56.0 Å². The minimum atomic E-state index is 0.825. The van der Waals surface area contributed by atoms with Crippen LogP contribution in [0.2, 0.25) is 0 Å². The lowest BCUT2D eigenvalue weighted by atomic mass is 9.92. The lowest BCUT2D eigenvalue weighted by Gasteiger charge is -2.23. The lowest BCUT2D eigenvalue weighted by molar-refractivity contribution is 0.376. The zero-order valence-electron chi connectivity index (χ0n) is 10.4. The van der Waals surface area contributed by atoms with E-state index in [0.29, 0.717) is 0 Å². The van der Waals surface area contributed by atoms with E-state index in [-0.39, 0.29) is 0 Å². The molecule has 0 saturated carbocycles. The summed E-state index contributed by atoms with van der Waals surface area (Å²) in [6, 6.07) is 8.90. The quantitative estimate of drug-likeness (QED) is 0.837. The van der Waals surface area contributed by atoms with Crippen molar-refractivity contribution >= 4 is 5.69 Å². The lowest BCUT2D eigenvalue weighted by Crippen LogP contribution is -2.30. The Hall–Kier alpha value is -1.02. The van der Waals surface area contributed by atoms with Crippen LogP contribution in [-0.2, 0) is 6.42 Å². The first kappa shape index (κ1) is 11.5. The topological polar surface area (TPSA) is 15.3 Å². The SMILES string of the molecule is CN(C)c1cccc(CC2CCCNC2)c1. The number of nitrogens with one attached hydrogen (secondary N) is 1. The number of benzene rings is 1. The van der Waals surface area contributed by atoms with E-state index >= 15 is 0 Å². The minimum Gasteiger partial charge on any atom is -0.378 e. The van der Waals surface area contributed by atoms with Gasteiger partial charge in [-0.3, -0.25) is 0 Å². The number of anilines is 1. The predicted octanol–water partition coefficient (Wildman–Crippen LogP) is 2.29. The molecule has 1 N–H and O–H groups in total. The van der Waals surface area contributed by atoms with E-state index < -0.39 is 0 Å². The molecule has 2 rings (SSSR count). The molecule has 0 amide bonds. The Bertz CT molecular complexity index is 327. The molecular weight excluding hydrogens is 196 g/mol. The molecule has 2 nitrogen and oxygen atoms in total. The van der Waals surface area contributed by atoms with Crippen molar-refractivity contribution in [1.29, 1.82) is 0 Å². The second-order valence-electron chi connectivity index (χ2n) is 4.98. The van der Waals surface area contributed by atoms with Crippen LogP contribution < -0.4 is 10.2 Å². The maximum Gasteiger partial charge on any atom is 0.0363 e. The molecule has 88 valence electrons. The smallest absolute Gasteiger partial charge is 0.0363 e. The van der Waals surface area contributed by atoms with Gasteiger partial charge in [-0.25, -0.2) is 0 Å². The van der Waals surface area contributed by atoms with E-state index in [4.69, 9.17) is 0 Å². The summed E-state index contributed by atoms with van der Waals surface area (Å²) in [5.41, 5.74) is 2.78. The number of piperidine rings is 1. The van der Waals surface area contributed by atoms with Crippen LogP contribution in [0.3, 0.4) is 0 Å². The van der Waals surface area contributed by atoms with E-state index in [1.807, 2.05) is 0 Å². The summed E-state index contributed by atoms with van der Waals surface area (Å²) >= 11 is 0. The van der Waals surface area contributed by atoms with Crippen molar-refractivity contribution in [3.63, 3.8) is 0 Å². The summed E-state index contributed by atoms with van der Waals surface area (Å²) < 4.78 is 0. The molecule has 1 aromatic carbocycles.